The summed E-state index contributed by atoms with van der Waals surface area (Å²) < 4.78 is 2.40. The molecule has 0 N–H and O–H groups in total. The van der Waals surface area contributed by atoms with Crippen molar-refractivity contribution in [2.24, 2.45) is 0 Å². The molecule has 1 spiro atoms. The van der Waals surface area contributed by atoms with E-state index < -0.39 is 5.41 Å². The quantitative estimate of drug-likeness (QED) is 0.162. The van der Waals surface area contributed by atoms with Crippen LogP contribution in [0.3, 0.4) is 0 Å². The lowest BCUT2D eigenvalue weighted by molar-refractivity contribution is 0.563. The zero-order valence-electron chi connectivity index (χ0n) is 37.0. The van der Waals surface area contributed by atoms with E-state index in [2.05, 4.69) is 266 Å². The van der Waals surface area contributed by atoms with Crippen molar-refractivity contribution < 1.29 is 0 Å². The fourth-order valence-corrected chi connectivity index (χ4v) is 11.8. The molecule has 10 aromatic carbocycles. The van der Waals surface area contributed by atoms with E-state index in [-0.39, 0.29) is 5.41 Å². The molecule has 0 bridgehead atoms. The first-order valence-electron chi connectivity index (χ1n) is 23.1. The fraction of sp³-hybridized carbons (Fsp3) is 0.0625. The van der Waals surface area contributed by atoms with Gasteiger partial charge in [-0.15, -0.1) is 0 Å². The highest BCUT2D eigenvalue weighted by molar-refractivity contribution is 6.10. The zero-order valence-corrected chi connectivity index (χ0v) is 37.0. The second kappa shape index (κ2) is 14.7. The second-order valence-corrected chi connectivity index (χ2v) is 18.4. The van der Waals surface area contributed by atoms with Gasteiger partial charge in [0.2, 0.25) is 0 Å². The molecule has 312 valence electrons. The molecular formula is C64H46N2. The van der Waals surface area contributed by atoms with E-state index in [0.29, 0.717) is 0 Å². The minimum absolute atomic E-state index is 0.139. The summed E-state index contributed by atoms with van der Waals surface area (Å²) in [5.74, 6) is 0. The molecule has 2 heteroatoms. The molecule has 1 aromatic heterocycles. The van der Waals surface area contributed by atoms with Gasteiger partial charge in [0.05, 0.1) is 16.4 Å². The minimum Gasteiger partial charge on any atom is -0.310 e. The van der Waals surface area contributed by atoms with Crippen LogP contribution in [0.2, 0.25) is 0 Å². The number of anilines is 3. The van der Waals surface area contributed by atoms with Crippen LogP contribution in [0.1, 0.15) is 47.2 Å². The Balaban J connectivity index is 0.985. The molecule has 2 aliphatic rings. The Bertz CT molecular complexity index is 3600. The fourth-order valence-electron chi connectivity index (χ4n) is 11.8. The summed E-state index contributed by atoms with van der Waals surface area (Å²) in [4.78, 5) is 2.41. The van der Waals surface area contributed by atoms with Crippen LogP contribution < -0.4 is 4.90 Å². The number of benzene rings is 10. The molecule has 0 amide bonds. The van der Waals surface area contributed by atoms with Crippen molar-refractivity contribution in [1.29, 1.82) is 0 Å². The summed E-state index contributed by atoms with van der Waals surface area (Å²) in [7, 11) is 0. The summed E-state index contributed by atoms with van der Waals surface area (Å²) in [6.07, 6.45) is 0. The third-order valence-corrected chi connectivity index (χ3v) is 14.7. The summed E-state index contributed by atoms with van der Waals surface area (Å²) in [6, 6.07) is 89.9. The van der Waals surface area contributed by atoms with Crippen LogP contribution in [-0.4, -0.2) is 4.57 Å². The summed E-state index contributed by atoms with van der Waals surface area (Å²) in [5, 5.41) is 2.48. The summed E-state index contributed by atoms with van der Waals surface area (Å²) in [5.41, 5.74) is 21.9. The lowest BCUT2D eigenvalue weighted by atomic mass is 9.55. The predicted octanol–water partition coefficient (Wildman–Crippen LogP) is 16.6. The number of para-hydroxylation sites is 2. The smallest absolute Gasteiger partial charge is 0.0719 e. The number of fused-ring (bicyclic) bond motifs is 12. The molecule has 0 saturated carbocycles. The molecule has 0 saturated heterocycles. The molecular weight excluding hydrogens is 797 g/mol. The number of nitrogens with zero attached hydrogens (tertiary/aromatic N) is 2. The molecule has 66 heavy (non-hydrogen) atoms. The van der Waals surface area contributed by atoms with Gasteiger partial charge in [-0.1, -0.05) is 202 Å². The Morgan fingerprint density at radius 3 is 1.50 bits per heavy atom. The highest BCUT2D eigenvalue weighted by Gasteiger charge is 2.53. The molecule has 0 unspecified atom stereocenters. The number of hydrogen-bond acceptors (Lipinski definition) is 1. The number of aromatic nitrogens is 1. The average Bonchev–Trinajstić information content (AvgIpc) is 3.87. The van der Waals surface area contributed by atoms with Gasteiger partial charge in [-0.3, -0.25) is 0 Å². The van der Waals surface area contributed by atoms with Gasteiger partial charge in [0.25, 0.3) is 0 Å². The maximum atomic E-state index is 2.41. The Morgan fingerprint density at radius 1 is 0.333 bits per heavy atom. The standard InChI is InChI=1S/C64H46N2/c1-63(2)55-26-12-14-28-57(55)64(58-29-15-13-27-56(58)63)54-25-11-9-23-53(54)62-50(24-17-30-59(62)64)45-34-38-48(39-35-45)65(47-36-32-44(33-37-47)43-18-5-3-6-19-43)49-40-41-52-51-22-10-16-31-60(51)66(61(52)42-49)46-20-7-4-8-21-46/h3-42H,1-2H3. The predicted molar refractivity (Wildman–Crippen MR) is 276 cm³/mol. The van der Waals surface area contributed by atoms with Crippen LogP contribution in [0.5, 0.6) is 0 Å². The Labute approximate surface area is 386 Å². The maximum absolute atomic E-state index is 2.41. The molecule has 0 aliphatic heterocycles. The second-order valence-electron chi connectivity index (χ2n) is 18.4. The van der Waals surface area contributed by atoms with E-state index in [9.17, 15) is 0 Å². The molecule has 11 aromatic rings. The van der Waals surface area contributed by atoms with Crippen LogP contribution in [0.4, 0.5) is 17.1 Å². The van der Waals surface area contributed by atoms with Crippen molar-refractivity contribution in [3.8, 4) is 39.1 Å². The van der Waals surface area contributed by atoms with Gasteiger partial charge in [0.1, 0.15) is 0 Å². The normalized spacial score (nSPS) is 13.8. The zero-order chi connectivity index (χ0) is 44.0. The molecule has 13 rings (SSSR count). The van der Waals surface area contributed by atoms with Crippen molar-refractivity contribution in [3.05, 3.63) is 276 Å². The number of hydrogen-bond donors (Lipinski definition) is 0. The van der Waals surface area contributed by atoms with Crippen molar-refractivity contribution in [2.75, 3.05) is 4.90 Å². The van der Waals surface area contributed by atoms with Gasteiger partial charge in [-0.05, 0) is 121 Å². The van der Waals surface area contributed by atoms with E-state index in [1.54, 1.807) is 0 Å². The number of rotatable bonds is 6. The first kappa shape index (κ1) is 38.3. The first-order valence-corrected chi connectivity index (χ1v) is 23.1. The van der Waals surface area contributed by atoms with Crippen molar-refractivity contribution in [2.45, 2.75) is 24.7 Å². The molecule has 0 fully saturated rings. The lowest BCUT2D eigenvalue weighted by Gasteiger charge is -2.46. The molecule has 0 atom stereocenters. The van der Waals surface area contributed by atoms with Crippen LogP contribution in [0.25, 0.3) is 60.9 Å². The van der Waals surface area contributed by atoms with Crippen LogP contribution in [0.15, 0.2) is 243 Å². The van der Waals surface area contributed by atoms with Gasteiger partial charge in [-0.25, -0.2) is 0 Å². The van der Waals surface area contributed by atoms with Gasteiger partial charge in [-0.2, -0.15) is 0 Å². The Hall–Kier alpha value is -8.20. The van der Waals surface area contributed by atoms with E-state index in [4.69, 9.17) is 0 Å². The summed E-state index contributed by atoms with van der Waals surface area (Å²) in [6.45, 7) is 4.78. The maximum Gasteiger partial charge on any atom is 0.0719 e. The van der Waals surface area contributed by atoms with Crippen LogP contribution in [-0.2, 0) is 10.8 Å². The third kappa shape index (κ3) is 5.48. The van der Waals surface area contributed by atoms with Gasteiger partial charge >= 0.3 is 0 Å². The minimum atomic E-state index is -0.436. The van der Waals surface area contributed by atoms with Crippen molar-refractivity contribution >= 4 is 38.9 Å². The largest absolute Gasteiger partial charge is 0.310 e. The summed E-state index contributed by atoms with van der Waals surface area (Å²) >= 11 is 0. The highest BCUT2D eigenvalue weighted by atomic mass is 15.1. The lowest BCUT2D eigenvalue weighted by Crippen LogP contribution is -2.40. The van der Waals surface area contributed by atoms with Crippen molar-refractivity contribution in [1.82, 2.24) is 4.57 Å². The molecule has 2 aliphatic carbocycles. The van der Waals surface area contributed by atoms with E-state index in [1.165, 1.54) is 88.6 Å². The molecule has 2 nitrogen and oxygen atoms in total. The van der Waals surface area contributed by atoms with Gasteiger partial charge in [0.15, 0.2) is 0 Å². The van der Waals surface area contributed by atoms with Crippen LogP contribution in [0, 0.1) is 0 Å². The Kier molecular flexibility index (Phi) is 8.51. The van der Waals surface area contributed by atoms with Crippen molar-refractivity contribution in [3.63, 3.8) is 0 Å². The van der Waals surface area contributed by atoms with Gasteiger partial charge < -0.3 is 9.47 Å². The van der Waals surface area contributed by atoms with Crippen LogP contribution >= 0.6 is 0 Å². The average molecular weight is 843 g/mol. The monoisotopic (exact) mass is 842 g/mol. The SMILES string of the molecule is CC1(C)c2ccccc2C2(c3ccccc3-c3c(-c4ccc(N(c5ccc(-c6ccccc6)cc5)c5ccc6c7ccccc7n(-c7ccccc7)c6c5)cc4)cccc32)c2ccccc21. The van der Waals surface area contributed by atoms with E-state index in [0.717, 1.165) is 22.7 Å². The van der Waals surface area contributed by atoms with E-state index in [1.807, 2.05) is 0 Å². The van der Waals surface area contributed by atoms with Gasteiger partial charge in [0, 0.05) is 38.9 Å². The molecule has 1 heterocycles. The first-order chi connectivity index (χ1) is 32.5. The Morgan fingerprint density at radius 2 is 0.818 bits per heavy atom. The third-order valence-electron chi connectivity index (χ3n) is 14.7. The topological polar surface area (TPSA) is 8.17 Å². The highest BCUT2D eigenvalue weighted by Crippen LogP contribution is 2.63. The molecule has 0 radical (unpaired) electrons. The van der Waals surface area contributed by atoms with E-state index >= 15 is 0 Å².